The van der Waals surface area contributed by atoms with E-state index in [1.54, 1.807) is 13.0 Å². The summed E-state index contributed by atoms with van der Waals surface area (Å²) in [5.74, 6) is 0.199. The Morgan fingerprint density at radius 2 is 2.10 bits per heavy atom. The van der Waals surface area contributed by atoms with Crippen LogP contribution in [0.2, 0.25) is 0 Å². The molecule has 1 heterocycles. The van der Waals surface area contributed by atoms with Gasteiger partial charge in [0.25, 0.3) is 5.91 Å². The summed E-state index contributed by atoms with van der Waals surface area (Å²) >= 11 is 0. The lowest BCUT2D eigenvalue weighted by Crippen LogP contribution is -2.51. The number of likely N-dealkylation sites (N-methyl/N-ethyl adjacent to an activating group) is 1. The summed E-state index contributed by atoms with van der Waals surface area (Å²) < 4.78 is 4.88. The van der Waals surface area contributed by atoms with Gasteiger partial charge in [-0.3, -0.25) is 9.59 Å². The summed E-state index contributed by atoms with van der Waals surface area (Å²) in [5.41, 5.74) is 0.434. The van der Waals surface area contributed by atoms with Gasteiger partial charge in [0.05, 0.1) is 11.8 Å². The average Bonchev–Trinajstić information content (AvgIpc) is 3.00. The monoisotopic (exact) mass is 292 g/mol. The van der Waals surface area contributed by atoms with Crippen LogP contribution in [0.15, 0.2) is 23.0 Å². The summed E-state index contributed by atoms with van der Waals surface area (Å²) in [4.78, 5) is 26.2. The maximum atomic E-state index is 12.5. The van der Waals surface area contributed by atoms with Crippen molar-refractivity contribution in [1.29, 1.82) is 0 Å². The first-order chi connectivity index (χ1) is 10.0. The molecule has 0 saturated heterocycles. The molecule has 0 bridgehead atoms. The minimum atomic E-state index is -0.536. The molecule has 116 valence electrons. The highest BCUT2D eigenvalue weighted by Crippen LogP contribution is 2.27. The topological polar surface area (TPSA) is 62.6 Å². The lowest BCUT2D eigenvalue weighted by atomic mass is 9.85. The minimum absolute atomic E-state index is 0.0365. The molecule has 5 nitrogen and oxygen atoms in total. The van der Waals surface area contributed by atoms with Crippen molar-refractivity contribution in [3.05, 3.63) is 24.2 Å². The molecule has 0 aromatic carbocycles. The Labute approximate surface area is 125 Å². The number of furan rings is 1. The zero-order valence-corrected chi connectivity index (χ0v) is 13.0. The van der Waals surface area contributed by atoms with Crippen LogP contribution in [0.1, 0.15) is 49.9 Å². The van der Waals surface area contributed by atoms with Crippen LogP contribution >= 0.6 is 0 Å². The van der Waals surface area contributed by atoms with E-state index in [2.05, 4.69) is 12.2 Å². The molecular weight excluding hydrogens is 268 g/mol. The van der Waals surface area contributed by atoms with E-state index in [0.29, 0.717) is 11.5 Å². The second-order valence-corrected chi connectivity index (χ2v) is 5.99. The Kier molecular flexibility index (Phi) is 5.04. The number of hydrogen-bond donors (Lipinski definition) is 1. The molecule has 1 aliphatic carbocycles. The van der Waals surface area contributed by atoms with Crippen molar-refractivity contribution >= 4 is 11.8 Å². The summed E-state index contributed by atoms with van der Waals surface area (Å²) in [6, 6.07) is 1.32. The van der Waals surface area contributed by atoms with E-state index in [0.717, 1.165) is 12.8 Å². The van der Waals surface area contributed by atoms with Gasteiger partial charge in [-0.1, -0.05) is 19.8 Å². The summed E-state index contributed by atoms with van der Waals surface area (Å²) in [5, 5.41) is 2.73. The third kappa shape index (κ3) is 3.65. The van der Waals surface area contributed by atoms with Crippen LogP contribution in [0.25, 0.3) is 0 Å². The van der Waals surface area contributed by atoms with E-state index in [1.165, 1.54) is 25.4 Å². The van der Waals surface area contributed by atoms with Crippen LogP contribution in [-0.2, 0) is 4.79 Å². The zero-order chi connectivity index (χ0) is 15.4. The lowest BCUT2D eigenvalue weighted by Gasteiger charge is -2.37. The van der Waals surface area contributed by atoms with Crippen molar-refractivity contribution in [2.45, 2.75) is 51.6 Å². The standard InChI is InChI=1S/C16H24N2O3/c1-11-6-4-5-7-14(11)18(3)16(20)12(2)17-15(19)13-8-9-21-10-13/h8-12,14H,4-7H2,1-3H3,(H,17,19). The van der Waals surface area contributed by atoms with E-state index >= 15 is 0 Å². The quantitative estimate of drug-likeness (QED) is 0.927. The fraction of sp³-hybridized carbons (Fsp3) is 0.625. The van der Waals surface area contributed by atoms with Crippen LogP contribution in [0.4, 0.5) is 0 Å². The second kappa shape index (κ2) is 6.78. The number of rotatable bonds is 4. The maximum absolute atomic E-state index is 12.5. The predicted octanol–water partition coefficient (Wildman–Crippen LogP) is 2.44. The van der Waals surface area contributed by atoms with Crippen molar-refractivity contribution in [2.24, 2.45) is 5.92 Å². The molecule has 0 radical (unpaired) electrons. The smallest absolute Gasteiger partial charge is 0.255 e. The number of carbonyl (C=O) groups excluding carboxylic acids is 2. The highest BCUT2D eigenvalue weighted by Gasteiger charge is 2.30. The fourth-order valence-corrected chi connectivity index (χ4v) is 3.08. The Hall–Kier alpha value is -1.78. The largest absolute Gasteiger partial charge is 0.472 e. The molecule has 3 atom stereocenters. The Bertz CT molecular complexity index is 484. The van der Waals surface area contributed by atoms with Gasteiger partial charge < -0.3 is 14.6 Å². The molecule has 1 aromatic rings. The van der Waals surface area contributed by atoms with E-state index in [9.17, 15) is 9.59 Å². The molecular formula is C16H24N2O3. The van der Waals surface area contributed by atoms with Gasteiger partial charge in [-0.25, -0.2) is 0 Å². The Balaban J connectivity index is 1.93. The van der Waals surface area contributed by atoms with Gasteiger partial charge in [-0.15, -0.1) is 0 Å². The summed E-state index contributed by atoms with van der Waals surface area (Å²) in [7, 11) is 1.84. The molecule has 21 heavy (non-hydrogen) atoms. The first kappa shape index (κ1) is 15.6. The average molecular weight is 292 g/mol. The molecule has 1 aliphatic rings. The number of amides is 2. The number of nitrogens with zero attached hydrogens (tertiary/aromatic N) is 1. The Morgan fingerprint density at radius 3 is 2.71 bits per heavy atom. The fourth-order valence-electron chi connectivity index (χ4n) is 3.08. The van der Waals surface area contributed by atoms with E-state index in [4.69, 9.17) is 4.42 Å². The molecule has 1 saturated carbocycles. The number of carbonyl (C=O) groups is 2. The van der Waals surface area contributed by atoms with Gasteiger partial charge in [0.1, 0.15) is 12.3 Å². The van der Waals surface area contributed by atoms with Crippen LogP contribution < -0.4 is 5.32 Å². The zero-order valence-electron chi connectivity index (χ0n) is 13.0. The van der Waals surface area contributed by atoms with E-state index in [-0.39, 0.29) is 17.9 Å². The summed E-state index contributed by atoms with van der Waals surface area (Å²) in [6.07, 6.45) is 7.44. The van der Waals surface area contributed by atoms with Crippen LogP contribution in [0.3, 0.4) is 0 Å². The second-order valence-electron chi connectivity index (χ2n) is 5.99. The van der Waals surface area contributed by atoms with Crippen molar-refractivity contribution in [3.8, 4) is 0 Å². The maximum Gasteiger partial charge on any atom is 0.255 e. The highest BCUT2D eigenvalue weighted by molar-refractivity contribution is 5.97. The molecule has 2 amide bonds. The van der Waals surface area contributed by atoms with Crippen LogP contribution in [0.5, 0.6) is 0 Å². The first-order valence-electron chi connectivity index (χ1n) is 7.60. The van der Waals surface area contributed by atoms with E-state index < -0.39 is 6.04 Å². The van der Waals surface area contributed by atoms with Crippen molar-refractivity contribution in [1.82, 2.24) is 10.2 Å². The molecule has 1 fully saturated rings. The van der Waals surface area contributed by atoms with E-state index in [1.807, 2.05) is 11.9 Å². The predicted molar refractivity (Wildman–Crippen MR) is 79.8 cm³/mol. The molecule has 0 aliphatic heterocycles. The van der Waals surface area contributed by atoms with Gasteiger partial charge in [0, 0.05) is 13.1 Å². The SMILES string of the molecule is CC(NC(=O)c1ccoc1)C(=O)N(C)C1CCCCC1C. The third-order valence-corrected chi connectivity index (χ3v) is 4.41. The lowest BCUT2D eigenvalue weighted by molar-refractivity contribution is -0.135. The highest BCUT2D eigenvalue weighted by atomic mass is 16.3. The Morgan fingerprint density at radius 1 is 1.38 bits per heavy atom. The molecule has 1 aromatic heterocycles. The van der Waals surface area contributed by atoms with Crippen molar-refractivity contribution in [2.75, 3.05) is 7.05 Å². The van der Waals surface area contributed by atoms with Gasteiger partial charge in [0.2, 0.25) is 5.91 Å². The van der Waals surface area contributed by atoms with Gasteiger partial charge in [0.15, 0.2) is 0 Å². The molecule has 1 N–H and O–H groups in total. The van der Waals surface area contributed by atoms with Gasteiger partial charge in [-0.05, 0) is 31.7 Å². The van der Waals surface area contributed by atoms with Crippen molar-refractivity contribution in [3.63, 3.8) is 0 Å². The molecule has 3 unspecified atom stereocenters. The summed E-state index contributed by atoms with van der Waals surface area (Å²) in [6.45, 7) is 3.92. The number of hydrogen-bond acceptors (Lipinski definition) is 3. The minimum Gasteiger partial charge on any atom is -0.472 e. The number of nitrogens with one attached hydrogen (secondary N) is 1. The third-order valence-electron chi connectivity index (χ3n) is 4.41. The first-order valence-corrected chi connectivity index (χ1v) is 7.60. The van der Waals surface area contributed by atoms with Crippen molar-refractivity contribution < 1.29 is 14.0 Å². The molecule has 0 spiro atoms. The molecule has 2 rings (SSSR count). The van der Waals surface area contributed by atoms with Gasteiger partial charge in [-0.2, -0.15) is 0 Å². The molecule has 5 heteroatoms. The van der Waals surface area contributed by atoms with Crippen LogP contribution in [-0.4, -0.2) is 35.8 Å². The van der Waals surface area contributed by atoms with Gasteiger partial charge >= 0.3 is 0 Å². The van der Waals surface area contributed by atoms with Crippen LogP contribution in [0, 0.1) is 5.92 Å². The normalized spacial score (nSPS) is 23.4.